The first-order valence-electron chi connectivity index (χ1n) is 9.57. The summed E-state index contributed by atoms with van der Waals surface area (Å²) in [5.41, 5.74) is 2.50. The molecule has 0 aromatic rings. The van der Waals surface area contributed by atoms with Crippen molar-refractivity contribution in [3.8, 4) is 0 Å². The van der Waals surface area contributed by atoms with E-state index in [1.165, 1.54) is 25.7 Å². The molecule has 0 nitrogen and oxygen atoms in total. The van der Waals surface area contributed by atoms with Gasteiger partial charge in [-0.05, 0) is 66.3 Å². The number of rotatable bonds is 1. The first-order valence-corrected chi connectivity index (χ1v) is 9.57. The smallest absolute Gasteiger partial charge is 0.0134 e. The third-order valence-electron chi connectivity index (χ3n) is 8.20. The molecule has 22 heavy (non-hydrogen) atoms. The topological polar surface area (TPSA) is 0 Å². The lowest BCUT2D eigenvalue weighted by Crippen LogP contribution is -2.47. The summed E-state index contributed by atoms with van der Waals surface area (Å²) >= 11 is 0. The van der Waals surface area contributed by atoms with Crippen molar-refractivity contribution in [2.24, 2.45) is 40.4 Å². The van der Waals surface area contributed by atoms with Gasteiger partial charge in [0.05, 0.1) is 0 Å². The first kappa shape index (κ1) is 14.8. The second kappa shape index (κ2) is 4.86. The van der Waals surface area contributed by atoms with Gasteiger partial charge in [0.2, 0.25) is 0 Å². The van der Waals surface area contributed by atoms with Gasteiger partial charge in [-0.1, -0.05) is 64.5 Å². The zero-order chi connectivity index (χ0) is 15.5. The minimum Gasteiger partial charge on any atom is -0.0838 e. The Morgan fingerprint density at radius 3 is 2.82 bits per heavy atom. The quantitative estimate of drug-likeness (QED) is 0.508. The Labute approximate surface area is 136 Å². The summed E-state index contributed by atoms with van der Waals surface area (Å²) in [6.45, 7) is 10.1. The molecule has 0 saturated heterocycles. The highest BCUT2D eigenvalue weighted by molar-refractivity contribution is 5.40. The van der Waals surface area contributed by atoms with E-state index in [0.29, 0.717) is 10.8 Å². The zero-order valence-electron chi connectivity index (χ0n) is 14.8. The maximum Gasteiger partial charge on any atom is 0.0134 e. The fraction of sp³-hybridized carbons (Fsp3) is 0.727. The first-order chi connectivity index (χ1) is 10.5. The van der Waals surface area contributed by atoms with Crippen LogP contribution in [-0.4, -0.2) is 0 Å². The number of hydrogen-bond acceptors (Lipinski definition) is 0. The van der Waals surface area contributed by atoms with Gasteiger partial charge in [-0.2, -0.15) is 0 Å². The molecule has 120 valence electrons. The second-order valence-corrected chi connectivity index (χ2v) is 9.00. The van der Waals surface area contributed by atoms with E-state index in [2.05, 4.69) is 58.1 Å². The van der Waals surface area contributed by atoms with Crippen molar-refractivity contribution in [1.29, 1.82) is 0 Å². The molecule has 2 fully saturated rings. The predicted octanol–water partition coefficient (Wildman–Crippen LogP) is 6.16. The molecule has 0 bridgehead atoms. The molecule has 4 aliphatic carbocycles. The molecular weight excluding hydrogens is 264 g/mol. The van der Waals surface area contributed by atoms with E-state index in [9.17, 15) is 0 Å². The Balaban J connectivity index is 1.74. The lowest BCUT2D eigenvalue weighted by molar-refractivity contribution is -0.000639. The van der Waals surface area contributed by atoms with Crippen molar-refractivity contribution in [1.82, 2.24) is 0 Å². The minimum atomic E-state index is 0.312. The van der Waals surface area contributed by atoms with Crippen molar-refractivity contribution >= 4 is 0 Å². The lowest BCUT2D eigenvalue weighted by atomic mass is 9.49. The van der Waals surface area contributed by atoms with Crippen LogP contribution >= 0.6 is 0 Å². The van der Waals surface area contributed by atoms with Crippen LogP contribution in [0.25, 0.3) is 0 Å². The van der Waals surface area contributed by atoms with E-state index >= 15 is 0 Å². The zero-order valence-corrected chi connectivity index (χ0v) is 14.8. The predicted molar refractivity (Wildman–Crippen MR) is 94.5 cm³/mol. The maximum atomic E-state index is 2.63. The number of hydrogen-bond donors (Lipinski definition) is 0. The van der Waals surface area contributed by atoms with Crippen LogP contribution in [0.3, 0.4) is 0 Å². The maximum absolute atomic E-state index is 2.63. The molecule has 0 heterocycles. The monoisotopic (exact) mass is 296 g/mol. The number of fused-ring (bicyclic) bond motifs is 5. The van der Waals surface area contributed by atoms with Gasteiger partial charge in [0, 0.05) is 5.41 Å². The fourth-order valence-electron chi connectivity index (χ4n) is 7.13. The van der Waals surface area contributed by atoms with Gasteiger partial charge in [0.15, 0.2) is 0 Å². The van der Waals surface area contributed by atoms with Crippen molar-refractivity contribution in [3.63, 3.8) is 0 Å². The number of allylic oxidation sites excluding steroid dienone is 6. The van der Waals surface area contributed by atoms with Crippen molar-refractivity contribution < 1.29 is 0 Å². The van der Waals surface area contributed by atoms with Crippen LogP contribution in [0.5, 0.6) is 0 Å². The minimum absolute atomic E-state index is 0.312. The Morgan fingerprint density at radius 2 is 2.05 bits per heavy atom. The molecule has 0 N–H and O–H groups in total. The summed E-state index contributed by atoms with van der Waals surface area (Å²) in [4.78, 5) is 0. The van der Waals surface area contributed by atoms with E-state index in [4.69, 9.17) is 0 Å². The Morgan fingerprint density at radius 1 is 1.23 bits per heavy atom. The van der Waals surface area contributed by atoms with Crippen LogP contribution in [0, 0.1) is 40.4 Å². The molecule has 0 radical (unpaired) electrons. The third kappa shape index (κ3) is 1.76. The Bertz CT molecular complexity index is 550. The highest BCUT2D eigenvalue weighted by Gasteiger charge is 2.58. The molecule has 4 rings (SSSR count). The highest BCUT2D eigenvalue weighted by atomic mass is 14.6. The van der Waals surface area contributed by atoms with E-state index in [0.717, 1.165) is 36.0 Å². The summed E-state index contributed by atoms with van der Waals surface area (Å²) in [7, 11) is 0. The van der Waals surface area contributed by atoms with Gasteiger partial charge < -0.3 is 0 Å². The highest BCUT2D eigenvalue weighted by Crippen LogP contribution is 2.66. The van der Waals surface area contributed by atoms with Gasteiger partial charge in [-0.3, -0.25) is 0 Å². The summed E-state index contributed by atoms with van der Waals surface area (Å²) < 4.78 is 0. The van der Waals surface area contributed by atoms with Crippen LogP contribution < -0.4 is 0 Å². The molecular formula is C22H32. The second-order valence-electron chi connectivity index (χ2n) is 9.00. The summed E-state index contributed by atoms with van der Waals surface area (Å²) in [6, 6.07) is 0. The van der Waals surface area contributed by atoms with Crippen molar-refractivity contribution in [2.75, 3.05) is 0 Å². The van der Waals surface area contributed by atoms with Crippen LogP contribution in [0.4, 0.5) is 0 Å². The molecule has 0 unspecified atom stereocenters. The third-order valence-corrected chi connectivity index (χ3v) is 8.20. The van der Waals surface area contributed by atoms with Gasteiger partial charge in [-0.15, -0.1) is 0 Å². The SMILES string of the molecule is CC[C@H]1[C@H](C)C[C@H]2[C@@H]3C=CC4=CCC=C[C@]4(C)[C@H]3CC[C@@]21C. The van der Waals surface area contributed by atoms with Crippen molar-refractivity contribution in [2.45, 2.75) is 59.8 Å². The fourth-order valence-corrected chi connectivity index (χ4v) is 7.13. The van der Waals surface area contributed by atoms with Gasteiger partial charge in [-0.25, -0.2) is 0 Å². The molecule has 0 aromatic heterocycles. The van der Waals surface area contributed by atoms with E-state index in [1.807, 2.05) is 0 Å². The summed E-state index contributed by atoms with van der Waals surface area (Å²) in [5.74, 6) is 4.41. The van der Waals surface area contributed by atoms with Crippen molar-refractivity contribution in [3.05, 3.63) is 36.0 Å². The van der Waals surface area contributed by atoms with Gasteiger partial charge >= 0.3 is 0 Å². The van der Waals surface area contributed by atoms with Gasteiger partial charge in [0.1, 0.15) is 0 Å². The normalized spacial score (nSPS) is 52.7. The van der Waals surface area contributed by atoms with E-state index in [-0.39, 0.29) is 0 Å². The molecule has 0 amide bonds. The molecule has 0 aliphatic heterocycles. The molecule has 4 aliphatic rings. The van der Waals surface area contributed by atoms with Crippen LogP contribution in [0.1, 0.15) is 59.8 Å². The molecule has 0 aromatic carbocycles. The molecule has 0 spiro atoms. The van der Waals surface area contributed by atoms with Crippen LogP contribution in [0.15, 0.2) is 36.0 Å². The molecule has 7 atom stereocenters. The average Bonchev–Trinajstić information content (AvgIpc) is 2.76. The molecule has 2 saturated carbocycles. The Hall–Kier alpha value is -0.780. The Kier molecular flexibility index (Phi) is 3.26. The van der Waals surface area contributed by atoms with Crippen LogP contribution in [0.2, 0.25) is 0 Å². The van der Waals surface area contributed by atoms with E-state index in [1.54, 1.807) is 5.57 Å². The van der Waals surface area contributed by atoms with E-state index < -0.39 is 0 Å². The largest absolute Gasteiger partial charge is 0.0838 e. The summed E-state index contributed by atoms with van der Waals surface area (Å²) in [6.07, 6.45) is 19.3. The lowest BCUT2D eigenvalue weighted by Gasteiger charge is -2.55. The van der Waals surface area contributed by atoms with Crippen LogP contribution in [-0.2, 0) is 0 Å². The molecule has 0 heteroatoms. The average molecular weight is 296 g/mol. The van der Waals surface area contributed by atoms with Gasteiger partial charge in [0.25, 0.3) is 0 Å². The summed E-state index contributed by atoms with van der Waals surface area (Å²) in [5, 5.41) is 0. The standard InChI is InChI=1S/C22H32/c1-5-18-15(2)14-20-17-10-9-16-8-6-7-12-21(16,3)19(17)11-13-22(18,20)4/h7-10,12,15,17-20H,5-6,11,13-14H2,1-4H3/t15-,17-,18+,19+,20+,21+,22-/m1/s1.